The lowest BCUT2D eigenvalue weighted by molar-refractivity contribution is 0.101. The minimum absolute atomic E-state index is 0.0193. The molecule has 1 aromatic heterocycles. The lowest BCUT2D eigenvalue weighted by Crippen LogP contribution is -2.47. The largest absolute Gasteiger partial charge is 0.497 e. The molecule has 0 unspecified atom stereocenters. The Balaban J connectivity index is 1.34. The Morgan fingerprint density at radius 3 is 2.27 bits per heavy atom. The van der Waals surface area contributed by atoms with Crippen LogP contribution in [0.15, 0.2) is 77.6 Å². The Kier molecular flexibility index (Phi) is 8.40. The second-order valence-corrected chi connectivity index (χ2v) is 11.6. The van der Waals surface area contributed by atoms with Gasteiger partial charge in [-0.25, -0.2) is 0 Å². The standard InChI is InChI=1S/C34H33ClN4O6/c1-43-25-12-22(13-26(16-25)44-2)34(42)37-28-14-21(33(41)36-24-8-10-31(45-3)27(35)15-24)7-9-30(28)38-17-20-11-23(19-38)29-5-4-6-32(40)39(29)18-20/h4-10,12-16,20,23H,11,17-19H2,1-3H3,(H,36,41)(H,37,42)/t20-,23+/m1/s1. The van der Waals surface area contributed by atoms with Crippen LogP contribution in [-0.2, 0) is 6.54 Å². The molecular formula is C34H33ClN4O6. The minimum Gasteiger partial charge on any atom is -0.497 e. The minimum atomic E-state index is -0.387. The summed E-state index contributed by atoms with van der Waals surface area (Å²) in [6.07, 6.45) is 0.982. The number of nitrogens with zero attached hydrogens (tertiary/aromatic N) is 2. The van der Waals surface area contributed by atoms with E-state index in [9.17, 15) is 14.4 Å². The Hall–Kier alpha value is -4.96. The van der Waals surface area contributed by atoms with Crippen LogP contribution in [-0.4, -0.2) is 50.8 Å². The highest BCUT2D eigenvalue weighted by Gasteiger charge is 2.35. The maximum absolute atomic E-state index is 13.6. The van der Waals surface area contributed by atoms with E-state index in [4.69, 9.17) is 25.8 Å². The fourth-order valence-corrected chi connectivity index (χ4v) is 6.48. The molecule has 6 rings (SSSR count). The molecule has 4 aromatic rings. The number of amides is 2. The highest BCUT2D eigenvalue weighted by molar-refractivity contribution is 6.32. The van der Waals surface area contributed by atoms with E-state index in [-0.39, 0.29) is 29.2 Å². The molecule has 2 N–H and O–H groups in total. The van der Waals surface area contributed by atoms with E-state index in [1.54, 1.807) is 54.6 Å². The highest BCUT2D eigenvalue weighted by Crippen LogP contribution is 2.40. The first kappa shape index (κ1) is 30.1. The van der Waals surface area contributed by atoms with Gasteiger partial charge in [0.25, 0.3) is 17.4 Å². The maximum Gasteiger partial charge on any atom is 0.255 e. The van der Waals surface area contributed by atoms with Crippen molar-refractivity contribution in [3.63, 3.8) is 0 Å². The molecule has 45 heavy (non-hydrogen) atoms. The second-order valence-electron chi connectivity index (χ2n) is 11.2. The van der Waals surface area contributed by atoms with Gasteiger partial charge in [-0.15, -0.1) is 0 Å². The Labute approximate surface area is 265 Å². The molecule has 3 aromatic carbocycles. The number of benzene rings is 3. The molecule has 3 heterocycles. The van der Waals surface area contributed by atoms with Crippen molar-refractivity contribution in [3.8, 4) is 17.2 Å². The van der Waals surface area contributed by atoms with Gasteiger partial charge in [-0.3, -0.25) is 14.4 Å². The van der Waals surface area contributed by atoms with Crippen molar-refractivity contribution in [1.82, 2.24) is 4.57 Å². The van der Waals surface area contributed by atoms with Crippen LogP contribution in [0.5, 0.6) is 17.2 Å². The van der Waals surface area contributed by atoms with Crippen LogP contribution in [0, 0.1) is 5.92 Å². The van der Waals surface area contributed by atoms with Gasteiger partial charge in [-0.05, 0) is 66.9 Å². The SMILES string of the molecule is COc1cc(OC)cc(C(=O)Nc2cc(C(=O)Nc3ccc(OC)c(Cl)c3)ccc2N2C[C@H]3C[C@@H](C2)c2cccc(=O)n2C3)c1. The van der Waals surface area contributed by atoms with E-state index in [0.717, 1.165) is 17.8 Å². The van der Waals surface area contributed by atoms with Gasteiger partial charge in [0.05, 0.1) is 37.7 Å². The first-order valence-corrected chi connectivity index (χ1v) is 14.9. The lowest BCUT2D eigenvalue weighted by Gasteiger charge is -2.44. The van der Waals surface area contributed by atoms with E-state index in [2.05, 4.69) is 15.5 Å². The number of fused-ring (bicyclic) bond motifs is 4. The zero-order valence-electron chi connectivity index (χ0n) is 25.1. The number of pyridine rings is 1. The Morgan fingerprint density at radius 2 is 1.56 bits per heavy atom. The van der Waals surface area contributed by atoms with E-state index < -0.39 is 0 Å². The zero-order valence-corrected chi connectivity index (χ0v) is 25.9. The van der Waals surface area contributed by atoms with Crippen molar-refractivity contribution >= 4 is 40.5 Å². The third-order valence-electron chi connectivity index (χ3n) is 8.35. The number of piperidine rings is 1. The number of halogens is 1. The predicted octanol–water partition coefficient (Wildman–Crippen LogP) is 5.66. The normalized spacial score (nSPS) is 16.8. The predicted molar refractivity (Wildman–Crippen MR) is 174 cm³/mol. The number of nitrogens with one attached hydrogen (secondary N) is 2. The molecule has 1 saturated heterocycles. The number of carbonyl (C=O) groups is 2. The van der Waals surface area contributed by atoms with Crippen LogP contribution in [0.25, 0.3) is 0 Å². The summed E-state index contributed by atoms with van der Waals surface area (Å²) in [5.74, 6) is 1.10. The fraction of sp³-hybridized carbons (Fsp3) is 0.265. The van der Waals surface area contributed by atoms with Gasteiger partial charge in [-0.2, -0.15) is 0 Å². The number of methoxy groups -OCH3 is 3. The molecule has 0 radical (unpaired) electrons. The van der Waals surface area contributed by atoms with Crippen molar-refractivity contribution in [2.45, 2.75) is 18.9 Å². The molecule has 0 aliphatic carbocycles. The third-order valence-corrected chi connectivity index (χ3v) is 8.65. The Bertz CT molecular complexity index is 1820. The molecule has 10 nitrogen and oxygen atoms in total. The second kappa shape index (κ2) is 12.6. The molecule has 1 fully saturated rings. The van der Waals surface area contributed by atoms with Crippen molar-refractivity contribution in [2.24, 2.45) is 5.92 Å². The molecule has 232 valence electrons. The van der Waals surface area contributed by atoms with Gasteiger partial charge < -0.3 is 34.3 Å². The smallest absolute Gasteiger partial charge is 0.255 e. The molecule has 2 atom stereocenters. The van der Waals surface area contributed by atoms with Crippen molar-refractivity contribution in [2.75, 3.05) is 50.0 Å². The van der Waals surface area contributed by atoms with Crippen LogP contribution in [0.4, 0.5) is 17.1 Å². The number of ether oxygens (including phenoxy) is 3. The number of anilines is 3. The number of aromatic nitrogens is 1. The molecule has 2 aliphatic heterocycles. The third kappa shape index (κ3) is 6.19. The Morgan fingerprint density at radius 1 is 0.800 bits per heavy atom. The summed E-state index contributed by atoms with van der Waals surface area (Å²) in [6, 6.07) is 20.6. The van der Waals surface area contributed by atoms with Gasteiger partial charge in [0.2, 0.25) is 0 Å². The summed E-state index contributed by atoms with van der Waals surface area (Å²) >= 11 is 6.26. The van der Waals surface area contributed by atoms with Crippen LogP contribution < -0.4 is 35.3 Å². The van der Waals surface area contributed by atoms with Gasteiger partial charge in [0, 0.05) is 60.2 Å². The summed E-state index contributed by atoms with van der Waals surface area (Å²) in [5, 5.41) is 6.28. The zero-order chi connectivity index (χ0) is 31.7. The molecular weight excluding hydrogens is 596 g/mol. The van der Waals surface area contributed by atoms with Gasteiger partial charge in [-0.1, -0.05) is 17.7 Å². The highest BCUT2D eigenvalue weighted by atomic mass is 35.5. The monoisotopic (exact) mass is 628 g/mol. The number of hydrogen-bond donors (Lipinski definition) is 2. The average molecular weight is 629 g/mol. The number of rotatable bonds is 8. The molecule has 2 bridgehead atoms. The summed E-state index contributed by atoms with van der Waals surface area (Å²) in [4.78, 5) is 41.8. The van der Waals surface area contributed by atoms with E-state index in [1.807, 2.05) is 22.8 Å². The number of carbonyl (C=O) groups excluding carboxylic acids is 2. The topological polar surface area (TPSA) is 111 Å². The van der Waals surface area contributed by atoms with E-state index >= 15 is 0 Å². The summed E-state index contributed by atoms with van der Waals surface area (Å²) in [7, 11) is 4.56. The molecule has 2 amide bonds. The van der Waals surface area contributed by atoms with E-state index in [1.165, 1.54) is 21.3 Å². The van der Waals surface area contributed by atoms with Crippen LogP contribution >= 0.6 is 11.6 Å². The quantitative estimate of drug-likeness (QED) is 0.259. The summed E-state index contributed by atoms with van der Waals surface area (Å²) < 4.78 is 17.8. The lowest BCUT2D eigenvalue weighted by atomic mass is 9.83. The van der Waals surface area contributed by atoms with Gasteiger partial charge in [0.1, 0.15) is 17.2 Å². The van der Waals surface area contributed by atoms with Crippen LogP contribution in [0.2, 0.25) is 5.02 Å². The first-order valence-electron chi connectivity index (χ1n) is 14.5. The number of hydrogen-bond acceptors (Lipinski definition) is 7. The van der Waals surface area contributed by atoms with Crippen molar-refractivity contribution in [1.29, 1.82) is 0 Å². The molecule has 2 aliphatic rings. The molecule has 0 spiro atoms. The van der Waals surface area contributed by atoms with Crippen LogP contribution in [0.1, 0.15) is 38.7 Å². The van der Waals surface area contributed by atoms with Gasteiger partial charge in [0.15, 0.2) is 0 Å². The molecule has 11 heteroatoms. The first-order chi connectivity index (χ1) is 21.8. The van der Waals surface area contributed by atoms with E-state index in [0.29, 0.717) is 64.4 Å². The van der Waals surface area contributed by atoms with Gasteiger partial charge >= 0.3 is 0 Å². The van der Waals surface area contributed by atoms with Crippen molar-refractivity contribution in [3.05, 3.63) is 105 Å². The molecule has 0 saturated carbocycles. The maximum atomic E-state index is 13.6. The summed E-state index contributed by atoms with van der Waals surface area (Å²) in [6.45, 7) is 1.99. The fourth-order valence-electron chi connectivity index (χ4n) is 6.23. The van der Waals surface area contributed by atoms with Crippen molar-refractivity contribution < 1.29 is 23.8 Å². The average Bonchev–Trinajstić information content (AvgIpc) is 3.05. The summed E-state index contributed by atoms with van der Waals surface area (Å²) in [5.41, 5.74) is 3.48. The van der Waals surface area contributed by atoms with Crippen LogP contribution in [0.3, 0.4) is 0 Å².